The van der Waals surface area contributed by atoms with Gasteiger partial charge in [-0.25, -0.2) is 0 Å². The van der Waals surface area contributed by atoms with Gasteiger partial charge in [0.1, 0.15) is 6.04 Å². The molecule has 29 heavy (non-hydrogen) atoms. The fourth-order valence-corrected chi connectivity index (χ4v) is 3.87. The van der Waals surface area contributed by atoms with E-state index in [1.54, 1.807) is 16.7 Å². The Bertz CT molecular complexity index is 779. The predicted octanol–water partition coefficient (Wildman–Crippen LogP) is 4.81. The van der Waals surface area contributed by atoms with E-state index in [2.05, 4.69) is 12.2 Å². The summed E-state index contributed by atoms with van der Waals surface area (Å²) >= 11 is 1.66. The van der Waals surface area contributed by atoms with Crippen molar-refractivity contribution in [3.05, 3.63) is 65.7 Å². The third kappa shape index (κ3) is 7.58. The van der Waals surface area contributed by atoms with Crippen LogP contribution in [0.5, 0.6) is 0 Å². The Morgan fingerprint density at radius 3 is 2.45 bits per heavy atom. The van der Waals surface area contributed by atoms with E-state index in [9.17, 15) is 9.59 Å². The van der Waals surface area contributed by atoms with Crippen molar-refractivity contribution in [3.63, 3.8) is 0 Å². The lowest BCUT2D eigenvalue weighted by Crippen LogP contribution is -2.48. The molecule has 0 aromatic heterocycles. The first-order chi connectivity index (χ1) is 14.0. The predicted molar refractivity (Wildman–Crippen MR) is 121 cm³/mol. The average Bonchev–Trinajstić information content (AvgIpc) is 2.73. The van der Waals surface area contributed by atoms with Crippen LogP contribution >= 0.6 is 11.8 Å². The summed E-state index contributed by atoms with van der Waals surface area (Å²) in [6.45, 7) is 7.05. The van der Waals surface area contributed by atoms with Gasteiger partial charge in [0, 0.05) is 30.2 Å². The number of nitrogens with one attached hydrogen (secondary N) is 1. The van der Waals surface area contributed by atoms with Gasteiger partial charge in [-0.15, -0.1) is 11.8 Å². The van der Waals surface area contributed by atoms with Gasteiger partial charge in [0.25, 0.3) is 0 Å². The zero-order valence-corrected chi connectivity index (χ0v) is 18.5. The fourth-order valence-electron chi connectivity index (χ4n) is 3.01. The van der Waals surface area contributed by atoms with Crippen molar-refractivity contribution in [2.75, 3.05) is 12.3 Å². The molecule has 2 rings (SSSR count). The number of amides is 2. The topological polar surface area (TPSA) is 49.4 Å². The van der Waals surface area contributed by atoms with Gasteiger partial charge in [-0.05, 0) is 43.5 Å². The molecule has 0 aliphatic heterocycles. The first-order valence-electron chi connectivity index (χ1n) is 10.3. The SMILES string of the molecule is CCCCNC(=O)[C@@H](C)N(Cc1ccccc1C)C(=O)CCSc1ccccc1. The number of unbranched alkanes of at least 4 members (excludes halogenated alkanes) is 1. The minimum atomic E-state index is -0.499. The van der Waals surface area contributed by atoms with Crippen molar-refractivity contribution in [2.24, 2.45) is 0 Å². The summed E-state index contributed by atoms with van der Waals surface area (Å²) in [5, 5.41) is 2.96. The minimum absolute atomic E-state index is 0.00910. The molecule has 0 radical (unpaired) electrons. The molecule has 0 heterocycles. The summed E-state index contributed by atoms with van der Waals surface area (Å²) in [6, 6.07) is 17.6. The van der Waals surface area contributed by atoms with E-state index in [-0.39, 0.29) is 11.8 Å². The fraction of sp³-hybridized carbons (Fsp3) is 0.417. The zero-order chi connectivity index (χ0) is 21.1. The Balaban J connectivity index is 2.04. The molecule has 0 fully saturated rings. The number of hydrogen-bond acceptors (Lipinski definition) is 3. The van der Waals surface area contributed by atoms with Crippen molar-refractivity contribution in [3.8, 4) is 0 Å². The van der Waals surface area contributed by atoms with Gasteiger partial charge in [-0.2, -0.15) is 0 Å². The smallest absolute Gasteiger partial charge is 0.242 e. The molecule has 0 saturated carbocycles. The zero-order valence-electron chi connectivity index (χ0n) is 17.7. The number of nitrogens with zero attached hydrogens (tertiary/aromatic N) is 1. The van der Waals surface area contributed by atoms with Crippen molar-refractivity contribution in [2.45, 2.75) is 57.5 Å². The van der Waals surface area contributed by atoms with Crippen LogP contribution in [-0.4, -0.2) is 35.1 Å². The number of rotatable bonds is 11. The Kier molecular flexibility index (Phi) is 9.78. The minimum Gasteiger partial charge on any atom is -0.354 e. The molecule has 0 unspecified atom stereocenters. The van der Waals surface area contributed by atoms with E-state index in [1.807, 2.05) is 68.4 Å². The molecule has 0 aliphatic rings. The van der Waals surface area contributed by atoms with Gasteiger partial charge in [0.05, 0.1) is 0 Å². The van der Waals surface area contributed by atoms with E-state index in [1.165, 1.54) is 0 Å². The van der Waals surface area contributed by atoms with Gasteiger partial charge in [-0.1, -0.05) is 55.8 Å². The van der Waals surface area contributed by atoms with E-state index in [0.717, 1.165) is 28.9 Å². The van der Waals surface area contributed by atoms with Crippen LogP contribution in [0.3, 0.4) is 0 Å². The van der Waals surface area contributed by atoms with Gasteiger partial charge in [0.15, 0.2) is 0 Å². The molecule has 5 heteroatoms. The summed E-state index contributed by atoms with van der Waals surface area (Å²) in [6.07, 6.45) is 2.37. The molecule has 2 amide bonds. The average molecular weight is 413 g/mol. The number of carbonyl (C=O) groups is 2. The van der Waals surface area contributed by atoms with Crippen molar-refractivity contribution < 1.29 is 9.59 Å². The molecule has 0 bridgehead atoms. The van der Waals surface area contributed by atoms with Crippen LogP contribution in [0.25, 0.3) is 0 Å². The Labute approximate surface area is 179 Å². The summed E-state index contributed by atoms with van der Waals surface area (Å²) in [7, 11) is 0. The first kappa shape index (κ1) is 23.0. The van der Waals surface area contributed by atoms with Crippen molar-refractivity contribution in [1.29, 1.82) is 0 Å². The normalized spacial score (nSPS) is 11.7. The first-order valence-corrected chi connectivity index (χ1v) is 11.3. The van der Waals surface area contributed by atoms with E-state index in [4.69, 9.17) is 0 Å². The maximum Gasteiger partial charge on any atom is 0.242 e. The summed E-state index contributed by atoms with van der Waals surface area (Å²) in [5.74, 6) is 0.614. The van der Waals surface area contributed by atoms with Crippen LogP contribution in [0.1, 0.15) is 44.2 Å². The molecule has 2 aromatic rings. The molecule has 0 aliphatic carbocycles. The number of hydrogen-bond donors (Lipinski definition) is 1. The van der Waals surface area contributed by atoms with Crippen LogP contribution < -0.4 is 5.32 Å². The Morgan fingerprint density at radius 2 is 1.76 bits per heavy atom. The second kappa shape index (κ2) is 12.3. The lowest BCUT2D eigenvalue weighted by Gasteiger charge is -2.29. The van der Waals surface area contributed by atoms with Crippen LogP contribution in [0, 0.1) is 6.92 Å². The number of aryl methyl sites for hydroxylation is 1. The summed E-state index contributed by atoms with van der Waals surface area (Å²) in [5.41, 5.74) is 2.20. The third-order valence-electron chi connectivity index (χ3n) is 4.93. The highest BCUT2D eigenvalue weighted by atomic mass is 32.2. The van der Waals surface area contributed by atoms with Crippen LogP contribution in [-0.2, 0) is 16.1 Å². The molecule has 1 N–H and O–H groups in total. The largest absolute Gasteiger partial charge is 0.354 e. The van der Waals surface area contributed by atoms with Crippen LogP contribution in [0.2, 0.25) is 0 Å². The van der Waals surface area contributed by atoms with E-state index >= 15 is 0 Å². The molecular formula is C24H32N2O2S. The van der Waals surface area contributed by atoms with Crippen LogP contribution in [0.4, 0.5) is 0 Å². The van der Waals surface area contributed by atoms with Gasteiger partial charge in [0.2, 0.25) is 11.8 Å². The van der Waals surface area contributed by atoms with Crippen molar-refractivity contribution in [1.82, 2.24) is 10.2 Å². The van der Waals surface area contributed by atoms with Gasteiger partial charge in [-0.3, -0.25) is 9.59 Å². The third-order valence-corrected chi connectivity index (χ3v) is 5.94. The molecular weight excluding hydrogens is 380 g/mol. The standard InChI is InChI=1S/C24H32N2O2S/c1-4-5-16-25-24(28)20(3)26(18-21-12-10-9-11-19(21)2)23(27)15-17-29-22-13-7-6-8-14-22/h6-14,20H,4-5,15-18H2,1-3H3,(H,25,28)/t20-/m1/s1. The van der Waals surface area contributed by atoms with Gasteiger partial charge >= 0.3 is 0 Å². The Hall–Kier alpha value is -2.27. The second-order valence-corrected chi connectivity index (χ2v) is 8.35. The maximum atomic E-state index is 13.1. The van der Waals surface area contributed by atoms with Crippen molar-refractivity contribution >= 4 is 23.6 Å². The number of thioether (sulfide) groups is 1. The van der Waals surface area contributed by atoms with Crippen LogP contribution in [0.15, 0.2) is 59.5 Å². The maximum absolute atomic E-state index is 13.1. The highest BCUT2D eigenvalue weighted by Gasteiger charge is 2.26. The summed E-state index contributed by atoms with van der Waals surface area (Å²) in [4.78, 5) is 28.5. The Morgan fingerprint density at radius 1 is 1.07 bits per heavy atom. The molecule has 4 nitrogen and oxygen atoms in total. The molecule has 0 saturated heterocycles. The highest BCUT2D eigenvalue weighted by molar-refractivity contribution is 7.99. The van der Waals surface area contributed by atoms with E-state index in [0.29, 0.717) is 25.3 Å². The quantitative estimate of drug-likeness (QED) is 0.426. The van der Waals surface area contributed by atoms with E-state index < -0.39 is 6.04 Å². The summed E-state index contributed by atoms with van der Waals surface area (Å²) < 4.78 is 0. The number of benzene rings is 2. The lowest BCUT2D eigenvalue weighted by molar-refractivity contribution is -0.140. The second-order valence-electron chi connectivity index (χ2n) is 7.18. The molecule has 0 spiro atoms. The van der Waals surface area contributed by atoms with Gasteiger partial charge < -0.3 is 10.2 Å². The number of carbonyl (C=O) groups excluding carboxylic acids is 2. The molecule has 1 atom stereocenters. The molecule has 156 valence electrons. The molecule has 2 aromatic carbocycles. The monoisotopic (exact) mass is 412 g/mol. The highest BCUT2D eigenvalue weighted by Crippen LogP contribution is 2.20. The lowest BCUT2D eigenvalue weighted by atomic mass is 10.1.